The number of carbonyl (C=O) groups is 2. The number of carbonyl (C=O) groups excluding carboxylic acids is 1. The van der Waals surface area contributed by atoms with Crippen molar-refractivity contribution in [2.45, 2.75) is 44.5 Å². The average molecular weight is 509 g/mol. The van der Waals surface area contributed by atoms with Crippen LogP contribution in [0.2, 0.25) is 0 Å². The Bertz CT molecular complexity index is 956. The molecule has 0 saturated carbocycles. The summed E-state index contributed by atoms with van der Waals surface area (Å²) in [5, 5.41) is 9.69. The molecule has 1 N–H and O–H groups in total. The standard InChI is InChI=1S/C24H29BrO7/c1-15-20(13-25)17(6-9-22(26)27)12-21(24(15)31-4)32-14-18-11-19(29-2)8-5-16(18)7-10-23(28)30-3/h5,8,11-12H,6-7,9-10,13-14H2,1-4H3,(H,26,27). The van der Waals surface area contributed by atoms with Gasteiger partial charge >= 0.3 is 11.9 Å². The minimum Gasteiger partial charge on any atom is -0.497 e. The van der Waals surface area contributed by atoms with Gasteiger partial charge in [-0.05, 0) is 65.8 Å². The molecule has 2 rings (SSSR count). The first-order valence-electron chi connectivity index (χ1n) is 10.2. The number of ether oxygens (including phenoxy) is 4. The first-order valence-corrected chi connectivity index (χ1v) is 11.3. The van der Waals surface area contributed by atoms with Crippen LogP contribution in [0.15, 0.2) is 24.3 Å². The van der Waals surface area contributed by atoms with Crippen LogP contribution in [-0.2, 0) is 39.1 Å². The Morgan fingerprint density at radius 3 is 2.28 bits per heavy atom. The first kappa shape index (κ1) is 25.5. The maximum absolute atomic E-state index is 11.6. The van der Waals surface area contributed by atoms with Crippen molar-refractivity contribution in [3.05, 3.63) is 52.1 Å². The van der Waals surface area contributed by atoms with Gasteiger partial charge < -0.3 is 24.1 Å². The smallest absolute Gasteiger partial charge is 0.305 e. The fourth-order valence-electron chi connectivity index (χ4n) is 3.49. The monoisotopic (exact) mass is 508 g/mol. The minimum absolute atomic E-state index is 0.0266. The molecule has 0 aliphatic carbocycles. The molecule has 0 amide bonds. The highest BCUT2D eigenvalue weighted by atomic mass is 79.9. The van der Waals surface area contributed by atoms with Gasteiger partial charge in [-0.1, -0.05) is 22.0 Å². The molecule has 0 heterocycles. The van der Waals surface area contributed by atoms with Gasteiger partial charge in [-0.3, -0.25) is 9.59 Å². The van der Waals surface area contributed by atoms with Crippen LogP contribution in [0.25, 0.3) is 0 Å². The lowest BCUT2D eigenvalue weighted by atomic mass is 9.98. The molecule has 32 heavy (non-hydrogen) atoms. The van der Waals surface area contributed by atoms with Crippen molar-refractivity contribution in [2.75, 3.05) is 21.3 Å². The number of esters is 1. The van der Waals surface area contributed by atoms with Crippen molar-refractivity contribution >= 4 is 27.9 Å². The SMILES string of the molecule is COC(=O)CCc1ccc(OC)cc1COc1cc(CCC(=O)O)c(CBr)c(C)c1OC. The summed E-state index contributed by atoms with van der Waals surface area (Å²) in [4.78, 5) is 22.7. The van der Waals surface area contributed by atoms with Gasteiger partial charge in [-0.15, -0.1) is 0 Å². The summed E-state index contributed by atoms with van der Waals surface area (Å²) in [7, 11) is 4.54. The Hall–Kier alpha value is -2.74. The van der Waals surface area contributed by atoms with E-state index >= 15 is 0 Å². The number of carboxylic acids is 1. The number of hydrogen-bond acceptors (Lipinski definition) is 6. The van der Waals surface area contributed by atoms with E-state index in [0.29, 0.717) is 35.4 Å². The summed E-state index contributed by atoms with van der Waals surface area (Å²) in [5.74, 6) is 0.700. The van der Waals surface area contributed by atoms with Crippen molar-refractivity contribution in [3.8, 4) is 17.2 Å². The number of rotatable bonds is 12. The number of halogens is 1. The lowest BCUT2D eigenvalue weighted by molar-refractivity contribution is -0.140. The molecule has 174 valence electrons. The van der Waals surface area contributed by atoms with Crippen LogP contribution in [0.5, 0.6) is 17.2 Å². The fourth-order valence-corrected chi connectivity index (χ4v) is 4.27. The number of aryl methyl sites for hydroxylation is 2. The predicted molar refractivity (Wildman–Crippen MR) is 124 cm³/mol. The fraction of sp³-hybridized carbons (Fsp3) is 0.417. The summed E-state index contributed by atoms with van der Waals surface area (Å²) in [6.07, 6.45) is 1.19. The number of aliphatic carboxylic acids is 1. The Morgan fingerprint density at radius 1 is 0.969 bits per heavy atom. The van der Waals surface area contributed by atoms with Crippen molar-refractivity contribution < 1.29 is 33.6 Å². The maximum atomic E-state index is 11.6. The average Bonchev–Trinajstić information content (AvgIpc) is 2.79. The molecular weight excluding hydrogens is 480 g/mol. The quantitative estimate of drug-likeness (QED) is 0.330. The predicted octanol–water partition coefficient (Wildman–Crippen LogP) is 4.61. The zero-order chi connectivity index (χ0) is 23.7. The number of benzene rings is 2. The summed E-state index contributed by atoms with van der Waals surface area (Å²) >= 11 is 3.49. The number of methoxy groups -OCH3 is 3. The van der Waals surface area contributed by atoms with Crippen molar-refractivity contribution in [3.63, 3.8) is 0 Å². The Labute approximate surface area is 196 Å². The van der Waals surface area contributed by atoms with E-state index in [4.69, 9.17) is 24.1 Å². The zero-order valence-corrected chi connectivity index (χ0v) is 20.4. The molecule has 0 fully saturated rings. The van der Waals surface area contributed by atoms with E-state index in [1.807, 2.05) is 31.2 Å². The third-order valence-corrected chi connectivity index (χ3v) is 5.84. The third-order valence-electron chi connectivity index (χ3n) is 5.28. The molecule has 0 unspecified atom stereocenters. The Morgan fingerprint density at radius 2 is 1.69 bits per heavy atom. The van der Waals surface area contributed by atoms with Gasteiger partial charge in [-0.2, -0.15) is 0 Å². The van der Waals surface area contributed by atoms with E-state index in [1.165, 1.54) is 7.11 Å². The number of alkyl halides is 1. The van der Waals surface area contributed by atoms with E-state index < -0.39 is 5.97 Å². The number of hydrogen-bond donors (Lipinski definition) is 1. The second-order valence-electron chi connectivity index (χ2n) is 7.20. The van der Waals surface area contributed by atoms with E-state index in [9.17, 15) is 9.59 Å². The topological polar surface area (TPSA) is 91.3 Å². The summed E-state index contributed by atoms with van der Waals surface area (Å²) in [6, 6.07) is 7.48. The summed E-state index contributed by atoms with van der Waals surface area (Å²) in [5.41, 5.74) is 4.63. The minimum atomic E-state index is -0.854. The number of carboxylic acid groups (broad SMARTS) is 1. The second-order valence-corrected chi connectivity index (χ2v) is 7.76. The molecule has 0 atom stereocenters. The van der Waals surface area contributed by atoms with E-state index in [-0.39, 0.29) is 25.4 Å². The van der Waals surface area contributed by atoms with E-state index in [1.54, 1.807) is 14.2 Å². The van der Waals surface area contributed by atoms with Gasteiger partial charge in [0.2, 0.25) is 0 Å². The maximum Gasteiger partial charge on any atom is 0.305 e. The van der Waals surface area contributed by atoms with E-state index in [2.05, 4.69) is 15.9 Å². The van der Waals surface area contributed by atoms with Crippen molar-refractivity contribution in [1.82, 2.24) is 0 Å². The largest absolute Gasteiger partial charge is 0.497 e. The molecule has 0 spiro atoms. The zero-order valence-electron chi connectivity index (χ0n) is 18.8. The van der Waals surface area contributed by atoms with Crippen LogP contribution in [0, 0.1) is 6.92 Å². The van der Waals surface area contributed by atoms with Crippen LogP contribution in [0.4, 0.5) is 0 Å². The van der Waals surface area contributed by atoms with Gasteiger partial charge in [-0.25, -0.2) is 0 Å². The van der Waals surface area contributed by atoms with Crippen molar-refractivity contribution in [2.24, 2.45) is 0 Å². The van der Waals surface area contributed by atoms with Gasteiger partial charge in [0.05, 0.1) is 21.3 Å². The molecule has 0 saturated heterocycles. The van der Waals surface area contributed by atoms with Gasteiger partial charge in [0.15, 0.2) is 11.5 Å². The van der Waals surface area contributed by atoms with Crippen LogP contribution < -0.4 is 14.2 Å². The highest BCUT2D eigenvalue weighted by Gasteiger charge is 2.18. The molecule has 0 aromatic heterocycles. The van der Waals surface area contributed by atoms with Crippen LogP contribution in [-0.4, -0.2) is 38.4 Å². The summed E-state index contributed by atoms with van der Waals surface area (Å²) in [6.45, 7) is 2.16. The second kappa shape index (κ2) is 12.3. The highest BCUT2D eigenvalue weighted by molar-refractivity contribution is 9.08. The van der Waals surface area contributed by atoms with Gasteiger partial charge in [0.25, 0.3) is 0 Å². The Kier molecular flexibility index (Phi) is 9.84. The third kappa shape index (κ3) is 6.63. The van der Waals surface area contributed by atoms with Crippen LogP contribution in [0.1, 0.15) is 40.7 Å². The lowest BCUT2D eigenvalue weighted by Crippen LogP contribution is -2.08. The molecule has 8 heteroatoms. The lowest BCUT2D eigenvalue weighted by Gasteiger charge is -2.19. The van der Waals surface area contributed by atoms with Crippen LogP contribution in [0.3, 0.4) is 0 Å². The molecule has 7 nitrogen and oxygen atoms in total. The van der Waals surface area contributed by atoms with E-state index in [0.717, 1.165) is 27.8 Å². The molecule has 0 radical (unpaired) electrons. The molecule has 0 aliphatic heterocycles. The molecule has 0 aliphatic rings. The molecular formula is C24H29BrO7. The normalized spacial score (nSPS) is 10.5. The Balaban J connectivity index is 2.35. The molecule has 0 bridgehead atoms. The molecule has 2 aromatic carbocycles. The van der Waals surface area contributed by atoms with Gasteiger partial charge in [0.1, 0.15) is 12.4 Å². The van der Waals surface area contributed by atoms with Gasteiger partial charge in [0, 0.05) is 18.2 Å². The first-order chi connectivity index (χ1) is 15.3. The van der Waals surface area contributed by atoms with Crippen molar-refractivity contribution in [1.29, 1.82) is 0 Å². The molecule has 2 aromatic rings. The highest BCUT2D eigenvalue weighted by Crippen LogP contribution is 2.38. The van der Waals surface area contributed by atoms with Crippen LogP contribution >= 0.6 is 15.9 Å². The summed E-state index contributed by atoms with van der Waals surface area (Å²) < 4.78 is 21.9.